The minimum atomic E-state index is -4.79. The highest BCUT2D eigenvalue weighted by Gasteiger charge is 2.49. The summed E-state index contributed by atoms with van der Waals surface area (Å²) in [5, 5.41) is 8.73. The molecule has 0 radical (unpaired) electrons. The second-order valence-electron chi connectivity index (χ2n) is 6.98. The van der Waals surface area contributed by atoms with Crippen molar-refractivity contribution in [1.29, 1.82) is 0 Å². The number of piperidine rings is 1. The quantitative estimate of drug-likeness (QED) is 0.305. The third-order valence-corrected chi connectivity index (χ3v) is 5.29. The maximum absolute atomic E-state index is 12.4. The summed E-state index contributed by atoms with van der Waals surface area (Å²) in [5.74, 6) is 0.630. The Hall–Kier alpha value is -2.45. The Balaban J connectivity index is 1.49. The molecule has 1 aromatic rings. The van der Waals surface area contributed by atoms with Crippen LogP contribution in [0.4, 0.5) is 4.79 Å². The molecule has 2 aliphatic heterocycles. The highest BCUT2D eigenvalue weighted by atomic mass is 32.3. The van der Waals surface area contributed by atoms with Crippen molar-refractivity contribution in [2.75, 3.05) is 6.54 Å². The van der Waals surface area contributed by atoms with Crippen LogP contribution in [0.3, 0.4) is 0 Å². The van der Waals surface area contributed by atoms with E-state index in [4.69, 9.17) is 20.4 Å². The molecule has 1 aromatic heterocycles. The molecule has 3 fully saturated rings. The molecular formula is C13H19N7O6S. The summed E-state index contributed by atoms with van der Waals surface area (Å²) in [5.41, 5.74) is 10.5. The molecule has 14 heteroatoms. The maximum atomic E-state index is 12.4. The number of nitrogens with two attached hydrogens (primary N) is 2. The zero-order valence-corrected chi connectivity index (χ0v) is 15.0. The van der Waals surface area contributed by atoms with Crippen molar-refractivity contribution < 1.29 is 26.5 Å². The average molecular weight is 401 g/mol. The smallest absolute Gasteiger partial charge is 0.418 e. The van der Waals surface area contributed by atoms with Crippen LogP contribution in [0.2, 0.25) is 0 Å². The summed E-state index contributed by atoms with van der Waals surface area (Å²) in [6.45, 7) is 0.231. The van der Waals surface area contributed by atoms with E-state index >= 15 is 0 Å². The number of carbonyl (C=O) groups excluding carboxylic acids is 1. The second-order valence-corrected chi connectivity index (χ2v) is 7.99. The normalized spacial score (nSPS) is 26.3. The summed E-state index contributed by atoms with van der Waals surface area (Å²) in [6.07, 6.45) is 2.99. The van der Waals surface area contributed by atoms with E-state index in [1.54, 1.807) is 0 Å². The van der Waals surface area contributed by atoms with Crippen molar-refractivity contribution in [2.45, 2.75) is 49.7 Å². The zero-order chi connectivity index (χ0) is 19.4. The number of hydrogen-bond acceptors (Lipinski definition) is 8. The van der Waals surface area contributed by atoms with Crippen LogP contribution in [0.25, 0.3) is 0 Å². The fraction of sp³-hybridized carbons (Fsp3) is 0.692. The van der Waals surface area contributed by atoms with Gasteiger partial charge in [-0.05, 0) is 25.7 Å². The number of rotatable bonds is 6. The summed E-state index contributed by atoms with van der Waals surface area (Å²) in [4.78, 5) is 18.0. The minimum absolute atomic E-state index is 0.00662. The Labute approximate surface area is 154 Å². The molecule has 0 spiro atoms. The molecule has 3 aliphatic rings. The van der Waals surface area contributed by atoms with Gasteiger partial charge in [-0.2, -0.15) is 13.5 Å². The topological polar surface area (TPSA) is 190 Å². The molecule has 5 N–H and O–H groups in total. The molecule has 0 unspecified atom stereocenters. The summed E-state index contributed by atoms with van der Waals surface area (Å²) < 4.78 is 40.8. The third-order valence-electron chi connectivity index (χ3n) is 4.94. The van der Waals surface area contributed by atoms with Gasteiger partial charge >= 0.3 is 16.4 Å². The van der Waals surface area contributed by atoms with Crippen molar-refractivity contribution in [3.8, 4) is 0 Å². The van der Waals surface area contributed by atoms with Crippen molar-refractivity contribution in [1.82, 2.24) is 20.2 Å². The summed E-state index contributed by atoms with van der Waals surface area (Å²) in [7, 11) is -4.79. The lowest BCUT2D eigenvalue weighted by Crippen LogP contribution is -2.35. The van der Waals surface area contributed by atoms with Crippen LogP contribution < -0.4 is 11.5 Å². The predicted molar refractivity (Wildman–Crippen MR) is 88.1 cm³/mol. The van der Waals surface area contributed by atoms with Crippen LogP contribution in [0.15, 0.2) is 9.41 Å². The summed E-state index contributed by atoms with van der Waals surface area (Å²) >= 11 is 0. The van der Waals surface area contributed by atoms with Gasteiger partial charge in [-0.1, -0.05) is 0 Å². The van der Waals surface area contributed by atoms with Gasteiger partial charge in [-0.3, -0.25) is 4.55 Å². The highest BCUT2D eigenvalue weighted by Crippen LogP contribution is 2.43. The number of urea groups is 1. The molecule has 13 nitrogen and oxygen atoms in total. The first-order valence-electron chi connectivity index (χ1n) is 8.36. The van der Waals surface area contributed by atoms with Crippen molar-refractivity contribution in [3.63, 3.8) is 0 Å². The molecule has 2 atom stereocenters. The van der Waals surface area contributed by atoms with Crippen LogP contribution >= 0.6 is 0 Å². The van der Waals surface area contributed by atoms with Crippen LogP contribution in [0.5, 0.6) is 0 Å². The maximum Gasteiger partial charge on any atom is 0.418 e. The largest absolute Gasteiger partial charge is 0.423 e. The minimum Gasteiger partial charge on any atom is -0.423 e. The van der Waals surface area contributed by atoms with Gasteiger partial charge in [0.05, 0.1) is 18.0 Å². The Morgan fingerprint density at radius 2 is 2.11 bits per heavy atom. The van der Waals surface area contributed by atoms with Gasteiger partial charge in [-0.15, -0.1) is 14.5 Å². The Bertz CT molecular complexity index is 891. The van der Waals surface area contributed by atoms with E-state index in [9.17, 15) is 13.2 Å². The molecule has 2 amide bonds. The Morgan fingerprint density at radius 3 is 2.74 bits per heavy atom. The molecular weight excluding hydrogens is 382 g/mol. The molecule has 3 heterocycles. The molecule has 1 aliphatic carbocycles. The van der Waals surface area contributed by atoms with E-state index in [2.05, 4.69) is 19.5 Å². The van der Waals surface area contributed by atoms with Crippen LogP contribution in [-0.2, 0) is 21.1 Å². The van der Waals surface area contributed by atoms with Crippen molar-refractivity contribution in [2.24, 2.45) is 16.5 Å². The third kappa shape index (κ3) is 3.54. The van der Waals surface area contributed by atoms with E-state index in [-0.39, 0.29) is 18.4 Å². The highest BCUT2D eigenvalue weighted by molar-refractivity contribution is 7.80. The lowest BCUT2D eigenvalue weighted by atomic mass is 10.0. The molecule has 27 heavy (non-hydrogen) atoms. The fourth-order valence-electron chi connectivity index (χ4n) is 3.59. The van der Waals surface area contributed by atoms with Gasteiger partial charge < -0.3 is 20.8 Å². The van der Waals surface area contributed by atoms with Crippen molar-refractivity contribution >= 4 is 22.4 Å². The molecule has 2 saturated heterocycles. The first-order valence-corrected chi connectivity index (χ1v) is 9.72. The van der Waals surface area contributed by atoms with Gasteiger partial charge in [0.1, 0.15) is 6.04 Å². The molecule has 1 saturated carbocycles. The molecule has 2 bridgehead atoms. The first-order chi connectivity index (χ1) is 12.7. The van der Waals surface area contributed by atoms with Crippen LogP contribution in [0.1, 0.15) is 43.5 Å². The van der Waals surface area contributed by atoms with E-state index < -0.39 is 34.1 Å². The lowest BCUT2D eigenvalue weighted by Gasteiger charge is -2.27. The van der Waals surface area contributed by atoms with Crippen LogP contribution in [-0.4, -0.2) is 63.2 Å². The lowest BCUT2D eigenvalue weighted by molar-refractivity contribution is -0.0317. The number of aromatic nitrogens is 2. The Morgan fingerprint density at radius 1 is 1.37 bits per heavy atom. The van der Waals surface area contributed by atoms with Crippen molar-refractivity contribution in [3.05, 3.63) is 11.8 Å². The number of hydrogen-bond donors (Lipinski definition) is 3. The molecule has 4 rings (SSSR count). The number of hydroxylamine groups is 2. The van der Waals surface area contributed by atoms with Crippen LogP contribution in [0, 0.1) is 0 Å². The van der Waals surface area contributed by atoms with E-state index in [0.29, 0.717) is 30.2 Å². The average Bonchev–Trinajstić information content (AvgIpc) is 3.07. The number of aliphatic imine (C=N–C) groups is 1. The first kappa shape index (κ1) is 17.9. The number of carbonyl (C=O) groups is 1. The number of guanidine groups is 1. The zero-order valence-electron chi connectivity index (χ0n) is 14.2. The second kappa shape index (κ2) is 6.03. The van der Waals surface area contributed by atoms with E-state index in [0.717, 1.165) is 12.8 Å². The van der Waals surface area contributed by atoms with E-state index in [1.165, 1.54) is 4.90 Å². The Kier molecular flexibility index (Phi) is 4.01. The molecule has 148 valence electrons. The van der Waals surface area contributed by atoms with E-state index in [1.807, 2.05) is 0 Å². The predicted octanol–water partition coefficient (Wildman–Crippen LogP) is -0.906. The van der Waals surface area contributed by atoms with Gasteiger partial charge in [0.15, 0.2) is 5.96 Å². The molecule has 0 aromatic carbocycles. The van der Waals surface area contributed by atoms with Gasteiger partial charge in [0.2, 0.25) is 11.8 Å². The fourth-order valence-corrected chi connectivity index (χ4v) is 3.98. The monoisotopic (exact) mass is 401 g/mol. The van der Waals surface area contributed by atoms with Gasteiger partial charge in [-0.25, -0.2) is 9.79 Å². The number of amides is 2. The number of fused-ring (bicyclic) bond motifs is 2. The number of nitrogens with zero attached hydrogens (tertiary/aromatic N) is 5. The SMILES string of the molecule is NC(N)=NC1(Cc2nnc([C@@H]3CC[C@H]4CN3C(=O)N4OS(=O)(=O)O)o2)CC1. The summed E-state index contributed by atoms with van der Waals surface area (Å²) in [6, 6.07) is -1.66. The standard InChI is InChI=1S/C13H19N7O6S/c14-11(15)16-13(3-4-13)5-9-17-18-10(25-9)8-2-1-7-6-19(8)12(21)20(7)26-27(22,23)24/h7-8H,1-6H2,(H4,14,15,16)(H,22,23,24)/t7-,8-/m0/s1. The van der Waals surface area contributed by atoms with Gasteiger partial charge in [0, 0.05) is 6.54 Å². The van der Waals surface area contributed by atoms with Gasteiger partial charge in [0.25, 0.3) is 0 Å².